The van der Waals surface area contributed by atoms with E-state index in [1.54, 1.807) is 0 Å². The molecule has 0 saturated heterocycles. The highest BCUT2D eigenvalue weighted by molar-refractivity contribution is 6.12. The SMILES string of the molecule is Cc1noc(=O)c2ccc(C(=O)C(O)(CC(C)(C)c3ccccc3C(F)(F)F)C(F)(F)F)c(N)c12. The largest absolute Gasteiger partial charge is 0.424 e. The van der Waals surface area contributed by atoms with Crippen LogP contribution in [0.1, 0.15) is 47.4 Å². The van der Waals surface area contributed by atoms with Gasteiger partial charge in [-0.1, -0.05) is 37.2 Å². The second kappa shape index (κ2) is 8.36. The van der Waals surface area contributed by atoms with Crippen LogP contribution < -0.4 is 11.4 Å². The van der Waals surface area contributed by atoms with Crippen molar-refractivity contribution in [1.82, 2.24) is 5.16 Å². The number of hydrogen-bond acceptors (Lipinski definition) is 6. The first kappa shape index (κ1) is 26.2. The molecule has 0 amide bonds. The molecule has 0 saturated carbocycles. The molecular formula is C23H20F6N2O4. The minimum Gasteiger partial charge on any atom is -0.398 e. The molecule has 0 bridgehead atoms. The van der Waals surface area contributed by atoms with Gasteiger partial charge in [-0.05, 0) is 36.1 Å². The van der Waals surface area contributed by atoms with Crippen LogP contribution in [0.5, 0.6) is 0 Å². The molecule has 0 fully saturated rings. The van der Waals surface area contributed by atoms with Gasteiger partial charge in [-0.25, -0.2) is 4.79 Å². The predicted molar refractivity (Wildman–Crippen MR) is 114 cm³/mol. The summed E-state index contributed by atoms with van der Waals surface area (Å²) in [5.74, 6) is -1.88. The molecule has 3 aromatic rings. The van der Waals surface area contributed by atoms with Crippen LogP contribution in [0.4, 0.5) is 32.0 Å². The summed E-state index contributed by atoms with van der Waals surface area (Å²) < 4.78 is 87.7. The Morgan fingerprint density at radius 2 is 1.60 bits per heavy atom. The lowest BCUT2D eigenvalue weighted by Crippen LogP contribution is -2.55. The third kappa shape index (κ3) is 4.49. The second-order valence-corrected chi connectivity index (χ2v) is 8.80. The van der Waals surface area contributed by atoms with E-state index in [2.05, 4.69) is 9.68 Å². The maximum Gasteiger partial charge on any atom is 0.424 e. The lowest BCUT2D eigenvalue weighted by atomic mass is 9.71. The van der Waals surface area contributed by atoms with Crippen molar-refractivity contribution in [3.8, 4) is 0 Å². The Bertz CT molecular complexity index is 1360. The zero-order valence-corrected chi connectivity index (χ0v) is 18.6. The van der Waals surface area contributed by atoms with E-state index in [0.29, 0.717) is 6.07 Å². The van der Waals surface area contributed by atoms with Crippen LogP contribution >= 0.6 is 0 Å². The average molecular weight is 502 g/mol. The number of nitrogen functional groups attached to an aromatic ring is 1. The lowest BCUT2D eigenvalue weighted by Gasteiger charge is -2.38. The summed E-state index contributed by atoms with van der Waals surface area (Å²) in [6.07, 6.45) is -11.9. The smallest absolute Gasteiger partial charge is 0.398 e. The Balaban J connectivity index is 2.19. The summed E-state index contributed by atoms with van der Waals surface area (Å²) in [6, 6.07) is 5.80. The quantitative estimate of drug-likeness (QED) is 0.291. The number of aromatic nitrogens is 1. The highest BCUT2D eigenvalue weighted by Gasteiger charge is 2.61. The Kier molecular flexibility index (Phi) is 6.26. The number of ketones is 1. The number of nitrogens with two attached hydrogens (primary N) is 1. The summed E-state index contributed by atoms with van der Waals surface area (Å²) in [4.78, 5) is 25.1. The standard InChI is InChI=1S/C23H20F6N2O4/c1-11-16-12(19(33)35-31-11)8-9-13(17(16)30)18(32)21(34,23(27,28)29)10-20(2,3)14-6-4-5-7-15(14)22(24,25)26/h4-9,34H,10,30H2,1-3H3. The lowest BCUT2D eigenvalue weighted by molar-refractivity contribution is -0.243. The molecule has 0 aliphatic rings. The van der Waals surface area contributed by atoms with Crippen LogP contribution in [0, 0.1) is 6.92 Å². The molecule has 0 aliphatic carbocycles. The zero-order chi connectivity index (χ0) is 26.6. The summed E-state index contributed by atoms with van der Waals surface area (Å²) >= 11 is 0. The van der Waals surface area contributed by atoms with Gasteiger partial charge >= 0.3 is 18.0 Å². The topological polar surface area (TPSA) is 106 Å². The number of aryl methyl sites for hydroxylation is 1. The highest BCUT2D eigenvalue weighted by Crippen LogP contribution is 2.46. The molecule has 0 radical (unpaired) electrons. The number of alkyl halides is 6. The Hall–Kier alpha value is -3.41. The molecule has 0 spiro atoms. The van der Waals surface area contributed by atoms with Crippen molar-refractivity contribution in [3.05, 3.63) is 69.2 Å². The highest BCUT2D eigenvalue weighted by atomic mass is 19.4. The number of anilines is 1. The number of halogens is 6. The van der Waals surface area contributed by atoms with Crippen molar-refractivity contribution in [2.75, 3.05) is 5.73 Å². The fourth-order valence-corrected chi connectivity index (χ4v) is 4.17. The van der Waals surface area contributed by atoms with E-state index in [0.717, 1.165) is 38.1 Å². The summed E-state index contributed by atoms with van der Waals surface area (Å²) in [7, 11) is 0. The van der Waals surface area contributed by atoms with Gasteiger partial charge in [-0.2, -0.15) is 26.3 Å². The zero-order valence-electron chi connectivity index (χ0n) is 18.6. The number of benzene rings is 2. The molecule has 35 heavy (non-hydrogen) atoms. The van der Waals surface area contributed by atoms with Gasteiger partial charge in [0, 0.05) is 17.4 Å². The van der Waals surface area contributed by atoms with E-state index in [-0.39, 0.29) is 16.5 Å². The van der Waals surface area contributed by atoms with Gasteiger partial charge in [0.05, 0.1) is 22.3 Å². The number of carbonyl (C=O) groups is 1. The fraction of sp³-hybridized carbons (Fsp3) is 0.348. The van der Waals surface area contributed by atoms with Gasteiger partial charge in [0.15, 0.2) is 0 Å². The molecule has 3 rings (SSSR count). The Labute approximate surface area is 194 Å². The van der Waals surface area contributed by atoms with Crippen molar-refractivity contribution in [3.63, 3.8) is 0 Å². The molecule has 1 unspecified atom stereocenters. The van der Waals surface area contributed by atoms with Crippen molar-refractivity contribution in [2.45, 2.75) is 50.6 Å². The number of rotatable bonds is 5. The molecule has 1 atom stereocenters. The molecule has 6 nitrogen and oxygen atoms in total. The maximum absolute atomic E-state index is 14.2. The third-order valence-corrected chi connectivity index (χ3v) is 5.84. The molecule has 1 heterocycles. The van der Waals surface area contributed by atoms with Gasteiger partial charge in [-0.3, -0.25) is 4.79 Å². The van der Waals surface area contributed by atoms with E-state index in [9.17, 15) is 41.0 Å². The van der Waals surface area contributed by atoms with Crippen LogP contribution in [-0.2, 0) is 11.6 Å². The number of nitrogens with zero attached hydrogens (tertiary/aromatic N) is 1. The molecule has 3 N–H and O–H groups in total. The van der Waals surface area contributed by atoms with Gasteiger partial charge in [0.2, 0.25) is 11.4 Å². The van der Waals surface area contributed by atoms with Crippen molar-refractivity contribution < 1.29 is 40.8 Å². The van der Waals surface area contributed by atoms with E-state index < -0.39 is 63.6 Å². The number of hydrogen-bond donors (Lipinski definition) is 2. The maximum atomic E-state index is 14.2. The van der Waals surface area contributed by atoms with E-state index in [1.165, 1.54) is 13.0 Å². The van der Waals surface area contributed by atoms with Crippen LogP contribution in [0.25, 0.3) is 10.8 Å². The number of carbonyl (C=O) groups excluding carboxylic acids is 1. The average Bonchev–Trinajstić information content (AvgIpc) is 2.74. The summed E-state index contributed by atoms with van der Waals surface area (Å²) in [6.45, 7) is 3.46. The minimum atomic E-state index is -5.58. The van der Waals surface area contributed by atoms with Crippen LogP contribution in [-0.4, -0.2) is 27.8 Å². The molecule has 12 heteroatoms. The Morgan fingerprint density at radius 1 is 1.03 bits per heavy atom. The number of aliphatic hydroxyl groups is 1. The second-order valence-electron chi connectivity index (χ2n) is 8.80. The van der Waals surface area contributed by atoms with Crippen molar-refractivity contribution in [2.24, 2.45) is 0 Å². The monoisotopic (exact) mass is 502 g/mol. The first-order valence-electron chi connectivity index (χ1n) is 10.1. The molecule has 1 aromatic heterocycles. The normalized spacial score (nSPS) is 14.7. The van der Waals surface area contributed by atoms with Crippen molar-refractivity contribution in [1.29, 1.82) is 0 Å². The molecule has 188 valence electrons. The van der Waals surface area contributed by atoms with Crippen LogP contribution in [0.2, 0.25) is 0 Å². The molecule has 0 aliphatic heterocycles. The van der Waals surface area contributed by atoms with Crippen LogP contribution in [0.15, 0.2) is 45.7 Å². The van der Waals surface area contributed by atoms with Gasteiger partial charge in [0.1, 0.15) is 0 Å². The van der Waals surface area contributed by atoms with Crippen molar-refractivity contribution >= 4 is 22.2 Å². The first-order valence-corrected chi connectivity index (χ1v) is 10.1. The van der Waals surface area contributed by atoms with Gasteiger partial charge < -0.3 is 15.4 Å². The van der Waals surface area contributed by atoms with E-state index >= 15 is 0 Å². The van der Waals surface area contributed by atoms with Gasteiger partial charge in [0.25, 0.3) is 0 Å². The summed E-state index contributed by atoms with van der Waals surface area (Å²) in [5, 5.41) is 13.9. The predicted octanol–water partition coefficient (Wildman–Crippen LogP) is 4.94. The first-order chi connectivity index (χ1) is 15.9. The number of fused-ring (bicyclic) bond motifs is 1. The Morgan fingerprint density at radius 3 is 2.14 bits per heavy atom. The number of Topliss-reactive ketones (excluding diaryl/α,β-unsaturated/α-hetero) is 1. The van der Waals surface area contributed by atoms with Crippen LogP contribution in [0.3, 0.4) is 0 Å². The fourth-order valence-electron chi connectivity index (χ4n) is 4.17. The summed E-state index contributed by atoms with van der Waals surface area (Å²) in [5.41, 5.74) is -4.18. The molecular weight excluding hydrogens is 482 g/mol. The third-order valence-electron chi connectivity index (χ3n) is 5.84. The van der Waals surface area contributed by atoms with Gasteiger partial charge in [-0.15, -0.1) is 0 Å². The minimum absolute atomic E-state index is 0.00160. The molecule has 2 aromatic carbocycles. The van der Waals surface area contributed by atoms with E-state index in [4.69, 9.17) is 5.73 Å². The van der Waals surface area contributed by atoms with E-state index in [1.807, 2.05) is 0 Å².